The molecule has 0 saturated carbocycles. The van der Waals surface area contributed by atoms with E-state index in [9.17, 15) is 0 Å². The molecule has 0 fully saturated rings. The van der Waals surface area contributed by atoms with Crippen molar-refractivity contribution in [2.75, 3.05) is 6.61 Å². The lowest BCUT2D eigenvalue weighted by atomic mass is 10.4. The molecule has 0 atom stereocenters. The van der Waals surface area contributed by atoms with Crippen molar-refractivity contribution in [3.8, 4) is 23.7 Å². The van der Waals surface area contributed by atoms with E-state index >= 15 is 0 Å². The highest BCUT2D eigenvalue weighted by atomic mass is 16.2. The molecule has 0 heterocycles. The Kier molecular flexibility index (Phi) is 6.36. The zero-order valence-electron chi connectivity index (χ0n) is 5.57. The first-order valence-corrected chi connectivity index (χ1v) is 2.98. The van der Waals surface area contributed by atoms with Crippen LogP contribution in [0.2, 0.25) is 0 Å². The second-order valence-corrected chi connectivity index (χ2v) is 1.43. The van der Waals surface area contributed by atoms with Gasteiger partial charge in [0, 0.05) is 12.8 Å². The Balaban J connectivity index is 3.36. The van der Waals surface area contributed by atoms with E-state index in [0.29, 0.717) is 6.42 Å². The van der Waals surface area contributed by atoms with E-state index in [-0.39, 0.29) is 6.61 Å². The molecule has 0 bridgehead atoms. The van der Waals surface area contributed by atoms with Crippen LogP contribution < -0.4 is 0 Å². The minimum absolute atomic E-state index is 0.126. The summed E-state index contributed by atoms with van der Waals surface area (Å²) in [5.41, 5.74) is 0. The molecule has 9 heavy (non-hydrogen) atoms. The van der Waals surface area contributed by atoms with E-state index in [1.54, 1.807) is 0 Å². The molecule has 0 radical (unpaired) electrons. The van der Waals surface area contributed by atoms with Crippen LogP contribution in [0.1, 0.15) is 19.8 Å². The van der Waals surface area contributed by atoms with Crippen LogP contribution in [0.25, 0.3) is 0 Å². The molecule has 48 valence electrons. The van der Waals surface area contributed by atoms with Crippen molar-refractivity contribution in [3.05, 3.63) is 0 Å². The van der Waals surface area contributed by atoms with Crippen molar-refractivity contribution in [3.63, 3.8) is 0 Å². The number of aliphatic hydroxyl groups is 1. The minimum Gasteiger partial charge on any atom is -0.395 e. The quantitative estimate of drug-likeness (QED) is 0.510. The van der Waals surface area contributed by atoms with Crippen LogP contribution in [-0.2, 0) is 0 Å². The number of aliphatic hydroxyl groups excluding tert-OH is 1. The fraction of sp³-hybridized carbons (Fsp3) is 0.500. The van der Waals surface area contributed by atoms with Gasteiger partial charge in [0.05, 0.1) is 6.61 Å². The highest BCUT2D eigenvalue weighted by molar-refractivity contribution is 5.25. The van der Waals surface area contributed by atoms with Crippen LogP contribution in [-0.4, -0.2) is 11.7 Å². The van der Waals surface area contributed by atoms with Crippen LogP contribution in [0, 0.1) is 23.7 Å². The third-order valence-electron chi connectivity index (χ3n) is 0.653. The molecule has 1 nitrogen and oxygen atoms in total. The third kappa shape index (κ3) is 7.08. The first-order chi connectivity index (χ1) is 4.41. The Bertz CT molecular complexity index is 160. The van der Waals surface area contributed by atoms with Gasteiger partial charge in [0.1, 0.15) is 0 Å². The van der Waals surface area contributed by atoms with Gasteiger partial charge < -0.3 is 5.11 Å². The van der Waals surface area contributed by atoms with E-state index in [0.717, 1.165) is 6.42 Å². The molecular weight excluding hydrogens is 112 g/mol. The lowest BCUT2D eigenvalue weighted by Crippen LogP contribution is -1.74. The molecule has 0 amide bonds. The SMILES string of the molecule is CCC#CC#CCCO. The average Bonchev–Trinajstić information content (AvgIpc) is 1.89. The topological polar surface area (TPSA) is 20.2 Å². The molecule has 0 aliphatic carbocycles. The minimum atomic E-state index is 0.126. The lowest BCUT2D eigenvalue weighted by molar-refractivity contribution is 0.305. The maximum Gasteiger partial charge on any atom is 0.0540 e. The molecule has 0 unspecified atom stereocenters. The Morgan fingerprint density at radius 3 is 2.44 bits per heavy atom. The summed E-state index contributed by atoms with van der Waals surface area (Å²) < 4.78 is 0. The molecule has 1 N–H and O–H groups in total. The Labute approximate surface area is 56.1 Å². The molecule has 1 heteroatoms. The molecular formula is C8H10O. The fourth-order valence-corrected chi connectivity index (χ4v) is 0.295. The van der Waals surface area contributed by atoms with Crippen molar-refractivity contribution >= 4 is 0 Å². The molecule has 0 aliphatic rings. The van der Waals surface area contributed by atoms with Crippen LogP contribution >= 0.6 is 0 Å². The Morgan fingerprint density at radius 1 is 1.22 bits per heavy atom. The summed E-state index contributed by atoms with van der Waals surface area (Å²) in [5.74, 6) is 10.8. The Hall–Kier alpha value is -0.920. The molecule has 0 rings (SSSR count). The van der Waals surface area contributed by atoms with E-state index in [1.807, 2.05) is 6.92 Å². The van der Waals surface area contributed by atoms with Crippen LogP contribution in [0.5, 0.6) is 0 Å². The average molecular weight is 122 g/mol. The zero-order chi connectivity index (χ0) is 6.95. The van der Waals surface area contributed by atoms with Crippen LogP contribution in [0.3, 0.4) is 0 Å². The molecule has 0 spiro atoms. The van der Waals surface area contributed by atoms with Crippen molar-refractivity contribution in [1.82, 2.24) is 0 Å². The summed E-state index contributed by atoms with van der Waals surface area (Å²) in [6.45, 7) is 2.10. The smallest absolute Gasteiger partial charge is 0.0540 e. The van der Waals surface area contributed by atoms with Gasteiger partial charge in [-0.1, -0.05) is 18.8 Å². The largest absolute Gasteiger partial charge is 0.395 e. The Morgan fingerprint density at radius 2 is 1.89 bits per heavy atom. The van der Waals surface area contributed by atoms with Crippen molar-refractivity contribution in [2.45, 2.75) is 19.8 Å². The van der Waals surface area contributed by atoms with E-state index in [1.165, 1.54) is 0 Å². The first kappa shape index (κ1) is 8.08. The van der Waals surface area contributed by atoms with Gasteiger partial charge in [-0.3, -0.25) is 0 Å². The third-order valence-corrected chi connectivity index (χ3v) is 0.653. The van der Waals surface area contributed by atoms with Gasteiger partial charge in [-0.05, 0) is 11.8 Å². The summed E-state index contributed by atoms with van der Waals surface area (Å²) in [4.78, 5) is 0. The van der Waals surface area contributed by atoms with Gasteiger partial charge in [0.25, 0.3) is 0 Å². The summed E-state index contributed by atoms with van der Waals surface area (Å²) >= 11 is 0. The molecule has 0 aromatic carbocycles. The number of hydrogen-bond donors (Lipinski definition) is 1. The highest BCUT2D eigenvalue weighted by Gasteiger charge is 1.66. The highest BCUT2D eigenvalue weighted by Crippen LogP contribution is 1.69. The maximum absolute atomic E-state index is 8.27. The second kappa shape index (κ2) is 7.08. The second-order valence-electron chi connectivity index (χ2n) is 1.43. The van der Waals surface area contributed by atoms with Crippen molar-refractivity contribution in [2.24, 2.45) is 0 Å². The summed E-state index contributed by atoms with van der Waals surface area (Å²) in [7, 11) is 0. The van der Waals surface area contributed by atoms with Crippen molar-refractivity contribution < 1.29 is 5.11 Å². The van der Waals surface area contributed by atoms with Gasteiger partial charge in [0.15, 0.2) is 0 Å². The number of hydrogen-bond acceptors (Lipinski definition) is 1. The molecule has 0 aromatic heterocycles. The van der Waals surface area contributed by atoms with Gasteiger partial charge in [-0.2, -0.15) is 0 Å². The first-order valence-electron chi connectivity index (χ1n) is 2.98. The fourth-order valence-electron chi connectivity index (χ4n) is 0.295. The summed E-state index contributed by atoms with van der Waals surface area (Å²) in [5, 5.41) is 8.27. The molecule has 0 aromatic rings. The normalized spacial score (nSPS) is 6.44. The van der Waals surface area contributed by atoms with Gasteiger partial charge in [-0.15, -0.1) is 0 Å². The van der Waals surface area contributed by atoms with Gasteiger partial charge in [-0.25, -0.2) is 0 Å². The predicted molar refractivity (Wildman–Crippen MR) is 37.5 cm³/mol. The summed E-state index contributed by atoms with van der Waals surface area (Å²) in [6.07, 6.45) is 1.37. The standard InChI is InChI=1S/C8H10O/c1-2-3-4-5-6-7-8-9/h9H,2,7-8H2,1H3. The predicted octanol–water partition coefficient (Wildman–Crippen LogP) is 0.786. The maximum atomic E-state index is 8.27. The van der Waals surface area contributed by atoms with Crippen LogP contribution in [0.4, 0.5) is 0 Å². The van der Waals surface area contributed by atoms with Crippen molar-refractivity contribution in [1.29, 1.82) is 0 Å². The molecule has 0 aliphatic heterocycles. The van der Waals surface area contributed by atoms with E-state index in [4.69, 9.17) is 5.11 Å². The van der Waals surface area contributed by atoms with Gasteiger partial charge >= 0.3 is 0 Å². The summed E-state index contributed by atoms with van der Waals surface area (Å²) in [6, 6.07) is 0. The van der Waals surface area contributed by atoms with Crippen LogP contribution in [0.15, 0.2) is 0 Å². The monoisotopic (exact) mass is 122 g/mol. The van der Waals surface area contributed by atoms with E-state index < -0.39 is 0 Å². The zero-order valence-corrected chi connectivity index (χ0v) is 5.57. The van der Waals surface area contributed by atoms with Gasteiger partial charge in [0.2, 0.25) is 0 Å². The molecule has 0 saturated heterocycles. The van der Waals surface area contributed by atoms with E-state index in [2.05, 4.69) is 23.7 Å². The number of rotatable bonds is 1. The lowest BCUT2D eigenvalue weighted by Gasteiger charge is -1.72.